The third-order valence-electron chi connectivity index (χ3n) is 9.89. The fourth-order valence-electron chi connectivity index (χ4n) is 7.95. The quantitative estimate of drug-likeness (QED) is 0.157. The predicted molar refractivity (Wildman–Crippen MR) is 181 cm³/mol. The zero-order valence-corrected chi connectivity index (χ0v) is 25.1. The molecule has 0 aromatic heterocycles. The summed E-state index contributed by atoms with van der Waals surface area (Å²) < 4.78 is 12.9. The molecule has 7 aromatic carbocycles. The molecular formula is C40H40O2. The zero-order chi connectivity index (χ0) is 28.2. The maximum absolute atomic E-state index is 6.50. The second kappa shape index (κ2) is 10.5. The number of hydrogen-bond donors (Lipinski definition) is 0. The minimum absolute atomic E-state index is 0.784. The van der Waals surface area contributed by atoms with Gasteiger partial charge in [-0.1, -0.05) is 75.9 Å². The number of rotatable bonds is 10. The number of ether oxygens (including phenoxy) is 2. The summed E-state index contributed by atoms with van der Waals surface area (Å²) in [5.74, 6) is 2.10. The topological polar surface area (TPSA) is 18.5 Å². The molecule has 0 atom stereocenters. The van der Waals surface area contributed by atoms with E-state index in [-0.39, 0.29) is 0 Å². The van der Waals surface area contributed by atoms with E-state index in [4.69, 9.17) is 9.47 Å². The standard InChI is InChI=1S/C40H40O2/c1-3-5-9-22-41-34-20-19-30-37-26(14-11-15-28(34)37)32-24-33-27-18-21-35(42-23-10-6-4-2)36-25-12-7-8-13-29(38(30)32)39(33)31(17-16-25)40(27)36/h11,14-21,24H,3-10,12-13,22-23H2,1-2H3. The van der Waals surface area contributed by atoms with Crippen LogP contribution in [0.5, 0.6) is 11.5 Å². The molecule has 0 saturated carbocycles. The number of unbranched alkanes of at least 4 members (excludes halogenated alkanes) is 4. The van der Waals surface area contributed by atoms with Gasteiger partial charge < -0.3 is 9.47 Å². The van der Waals surface area contributed by atoms with Gasteiger partial charge in [-0.3, -0.25) is 0 Å². The molecule has 0 aliphatic heterocycles. The van der Waals surface area contributed by atoms with E-state index in [2.05, 4.69) is 74.5 Å². The van der Waals surface area contributed by atoms with Gasteiger partial charge in [0.1, 0.15) is 11.5 Å². The first-order valence-electron chi connectivity index (χ1n) is 16.4. The summed E-state index contributed by atoms with van der Waals surface area (Å²) in [4.78, 5) is 0. The molecule has 1 aliphatic carbocycles. The highest BCUT2D eigenvalue weighted by Crippen LogP contribution is 2.51. The summed E-state index contributed by atoms with van der Waals surface area (Å²) in [7, 11) is 0. The lowest BCUT2D eigenvalue weighted by Crippen LogP contribution is -2.00. The van der Waals surface area contributed by atoms with Crippen LogP contribution in [0.25, 0.3) is 64.6 Å². The van der Waals surface area contributed by atoms with E-state index in [1.165, 1.54) is 114 Å². The van der Waals surface area contributed by atoms with Crippen molar-refractivity contribution in [2.45, 2.75) is 78.1 Å². The lowest BCUT2D eigenvalue weighted by molar-refractivity contribution is 0.309. The molecule has 0 spiro atoms. The summed E-state index contributed by atoms with van der Waals surface area (Å²) in [5.41, 5.74) is 2.99. The van der Waals surface area contributed by atoms with E-state index >= 15 is 0 Å². The molecule has 42 heavy (non-hydrogen) atoms. The number of fused-ring (bicyclic) bond motifs is 5. The summed E-state index contributed by atoms with van der Waals surface area (Å²) >= 11 is 0. The molecule has 4 bridgehead atoms. The van der Waals surface area contributed by atoms with E-state index in [0.717, 1.165) is 50.4 Å². The summed E-state index contributed by atoms with van der Waals surface area (Å²) in [6.45, 7) is 6.07. The first-order chi connectivity index (χ1) is 20.8. The third kappa shape index (κ3) is 3.84. The van der Waals surface area contributed by atoms with Crippen molar-refractivity contribution in [3.8, 4) is 11.5 Å². The summed E-state index contributed by atoms with van der Waals surface area (Å²) in [6, 6.07) is 23.3. The van der Waals surface area contributed by atoms with Crippen LogP contribution in [0.15, 0.2) is 60.7 Å². The fourth-order valence-corrected chi connectivity index (χ4v) is 7.95. The molecule has 0 heterocycles. The molecule has 0 saturated heterocycles. The van der Waals surface area contributed by atoms with Gasteiger partial charge in [-0.2, -0.15) is 0 Å². The Morgan fingerprint density at radius 1 is 0.500 bits per heavy atom. The molecular weight excluding hydrogens is 512 g/mol. The van der Waals surface area contributed by atoms with Crippen molar-refractivity contribution in [2.24, 2.45) is 0 Å². The Morgan fingerprint density at radius 3 is 1.90 bits per heavy atom. The van der Waals surface area contributed by atoms with Crippen LogP contribution in [0.2, 0.25) is 0 Å². The lowest BCUT2D eigenvalue weighted by Gasteiger charge is -2.15. The van der Waals surface area contributed by atoms with Crippen LogP contribution < -0.4 is 9.47 Å². The highest BCUT2D eigenvalue weighted by atomic mass is 16.5. The van der Waals surface area contributed by atoms with Gasteiger partial charge in [-0.15, -0.1) is 0 Å². The Morgan fingerprint density at radius 2 is 1.12 bits per heavy atom. The minimum Gasteiger partial charge on any atom is -0.493 e. The first-order valence-corrected chi connectivity index (χ1v) is 16.4. The Bertz CT molecular complexity index is 2070. The van der Waals surface area contributed by atoms with Crippen molar-refractivity contribution >= 4 is 64.6 Å². The zero-order valence-electron chi connectivity index (χ0n) is 25.1. The van der Waals surface area contributed by atoms with Crippen LogP contribution >= 0.6 is 0 Å². The van der Waals surface area contributed by atoms with Gasteiger partial charge in [0.15, 0.2) is 0 Å². The average molecular weight is 553 g/mol. The van der Waals surface area contributed by atoms with E-state index < -0.39 is 0 Å². The van der Waals surface area contributed by atoms with Crippen molar-refractivity contribution in [1.82, 2.24) is 0 Å². The third-order valence-corrected chi connectivity index (χ3v) is 9.89. The van der Waals surface area contributed by atoms with Crippen LogP contribution in [0.1, 0.15) is 76.3 Å². The van der Waals surface area contributed by atoms with Crippen LogP contribution in [0, 0.1) is 0 Å². The summed E-state index contributed by atoms with van der Waals surface area (Å²) in [5, 5.41) is 16.6. The Kier molecular flexibility index (Phi) is 6.47. The van der Waals surface area contributed by atoms with E-state index in [9.17, 15) is 0 Å². The number of benzene rings is 5. The van der Waals surface area contributed by atoms with Crippen molar-refractivity contribution < 1.29 is 9.47 Å². The Balaban J connectivity index is 1.41. The minimum atomic E-state index is 0.784. The largest absolute Gasteiger partial charge is 0.493 e. The lowest BCUT2D eigenvalue weighted by atomic mass is 9.91. The maximum Gasteiger partial charge on any atom is 0.127 e. The molecule has 0 unspecified atom stereocenters. The van der Waals surface area contributed by atoms with Gasteiger partial charge in [0.25, 0.3) is 0 Å². The van der Waals surface area contributed by atoms with E-state index in [0.29, 0.717) is 0 Å². The fraction of sp³-hybridized carbons (Fsp3) is 0.350. The van der Waals surface area contributed by atoms with Gasteiger partial charge in [-0.25, -0.2) is 0 Å². The van der Waals surface area contributed by atoms with Gasteiger partial charge in [0.05, 0.1) is 13.2 Å². The van der Waals surface area contributed by atoms with Crippen molar-refractivity contribution in [1.29, 1.82) is 0 Å². The second-order valence-electron chi connectivity index (χ2n) is 12.5. The molecule has 2 nitrogen and oxygen atoms in total. The number of hydrogen-bond acceptors (Lipinski definition) is 2. The molecule has 8 rings (SSSR count). The van der Waals surface area contributed by atoms with Crippen LogP contribution in [-0.2, 0) is 12.8 Å². The highest BCUT2D eigenvalue weighted by Gasteiger charge is 2.25. The molecule has 2 heteroatoms. The van der Waals surface area contributed by atoms with Crippen LogP contribution in [0.4, 0.5) is 0 Å². The van der Waals surface area contributed by atoms with Crippen LogP contribution in [-0.4, -0.2) is 13.2 Å². The molecule has 0 N–H and O–H groups in total. The van der Waals surface area contributed by atoms with Crippen LogP contribution in [0.3, 0.4) is 0 Å². The molecule has 1 aliphatic rings. The van der Waals surface area contributed by atoms with Gasteiger partial charge in [-0.05, 0) is 117 Å². The van der Waals surface area contributed by atoms with Crippen molar-refractivity contribution in [3.63, 3.8) is 0 Å². The monoisotopic (exact) mass is 552 g/mol. The van der Waals surface area contributed by atoms with Crippen molar-refractivity contribution in [3.05, 3.63) is 71.8 Å². The normalized spacial score (nSPS) is 13.9. The van der Waals surface area contributed by atoms with Gasteiger partial charge >= 0.3 is 0 Å². The molecule has 0 fully saturated rings. The predicted octanol–water partition coefficient (Wildman–Crippen LogP) is 11.5. The first kappa shape index (κ1) is 25.9. The van der Waals surface area contributed by atoms with Gasteiger partial charge in [0, 0.05) is 21.5 Å². The van der Waals surface area contributed by atoms with Gasteiger partial charge in [0.2, 0.25) is 0 Å². The molecule has 0 radical (unpaired) electrons. The Hall–Kier alpha value is -3.78. The summed E-state index contributed by atoms with van der Waals surface area (Å²) in [6.07, 6.45) is 11.7. The molecule has 212 valence electrons. The Labute approximate surface area is 248 Å². The maximum atomic E-state index is 6.50. The number of aryl methyl sites for hydroxylation is 2. The smallest absolute Gasteiger partial charge is 0.127 e. The van der Waals surface area contributed by atoms with E-state index in [1.807, 2.05) is 0 Å². The average Bonchev–Trinajstić information content (AvgIpc) is 3.52. The second-order valence-corrected chi connectivity index (χ2v) is 12.5. The molecule has 0 amide bonds. The van der Waals surface area contributed by atoms with Crippen molar-refractivity contribution in [2.75, 3.05) is 13.2 Å². The van der Waals surface area contributed by atoms with E-state index in [1.54, 1.807) is 0 Å². The highest BCUT2D eigenvalue weighted by molar-refractivity contribution is 6.39. The SMILES string of the molecule is CCCCCOc1ccc2c3c4c5c(cc3c3cccc1c32)c1ccc(OCCCCC)c2c(ccc5c21)CCCC4. The molecule has 7 aromatic rings.